The molecule has 126 valence electrons. The van der Waals surface area contributed by atoms with Crippen LogP contribution in [0.5, 0.6) is 0 Å². The zero-order valence-electron chi connectivity index (χ0n) is 13.4. The molecule has 4 aromatic rings. The van der Waals surface area contributed by atoms with Crippen molar-refractivity contribution >= 4 is 12.1 Å². The first-order valence-electron chi connectivity index (χ1n) is 7.38. The summed E-state index contributed by atoms with van der Waals surface area (Å²) in [6.07, 6.45) is 8.79. The van der Waals surface area contributed by atoms with E-state index in [2.05, 4.69) is 25.0 Å². The fourth-order valence-corrected chi connectivity index (χ4v) is 2.36. The predicted molar refractivity (Wildman–Crippen MR) is 88.8 cm³/mol. The molecule has 0 bridgehead atoms. The Labute approximate surface area is 142 Å². The van der Waals surface area contributed by atoms with E-state index in [9.17, 15) is 0 Å². The number of nitrogens with zero attached hydrogens (tertiary/aromatic N) is 7. The maximum absolute atomic E-state index is 8.36. The van der Waals surface area contributed by atoms with Crippen LogP contribution in [-0.4, -0.2) is 45.7 Å². The van der Waals surface area contributed by atoms with Gasteiger partial charge in [-0.2, -0.15) is 5.10 Å². The normalized spacial score (nSPS) is 10.3. The molecule has 0 aliphatic heterocycles. The third-order valence-electron chi connectivity index (χ3n) is 3.41. The van der Waals surface area contributed by atoms with Crippen molar-refractivity contribution < 1.29 is 9.90 Å². The van der Waals surface area contributed by atoms with Gasteiger partial charge in [-0.15, -0.1) is 0 Å². The van der Waals surface area contributed by atoms with Gasteiger partial charge in [-0.25, -0.2) is 14.5 Å². The van der Waals surface area contributed by atoms with E-state index in [1.54, 1.807) is 23.1 Å². The fourth-order valence-electron chi connectivity index (χ4n) is 2.36. The van der Waals surface area contributed by atoms with Crippen molar-refractivity contribution in [1.82, 2.24) is 34.1 Å². The first-order valence-corrected chi connectivity index (χ1v) is 7.38. The summed E-state index contributed by atoms with van der Waals surface area (Å²) in [5.74, 6) is 0.818. The van der Waals surface area contributed by atoms with Gasteiger partial charge in [0, 0.05) is 18.6 Å². The molecule has 9 heteroatoms. The number of imidazole rings is 1. The molecule has 0 fully saturated rings. The monoisotopic (exact) mass is 337 g/mol. The van der Waals surface area contributed by atoms with Crippen molar-refractivity contribution in [3.8, 4) is 11.5 Å². The molecule has 4 heterocycles. The van der Waals surface area contributed by atoms with Gasteiger partial charge in [0.05, 0.1) is 24.1 Å². The highest BCUT2D eigenvalue weighted by Crippen LogP contribution is 2.18. The van der Waals surface area contributed by atoms with Crippen molar-refractivity contribution in [2.24, 2.45) is 0 Å². The molecule has 9 nitrogen and oxygen atoms in total. The summed E-state index contributed by atoms with van der Waals surface area (Å²) in [6, 6.07) is 5.83. The number of carbonyl (C=O) groups is 1. The molecular weight excluding hydrogens is 322 g/mol. The molecule has 0 aliphatic carbocycles. The smallest absolute Gasteiger partial charge is 0.290 e. The highest BCUT2D eigenvalue weighted by atomic mass is 16.3. The second-order valence-electron chi connectivity index (χ2n) is 5.07. The van der Waals surface area contributed by atoms with Gasteiger partial charge in [0.25, 0.3) is 6.47 Å². The summed E-state index contributed by atoms with van der Waals surface area (Å²) < 4.78 is 3.80. The average molecular weight is 337 g/mol. The van der Waals surface area contributed by atoms with Crippen LogP contribution in [0.3, 0.4) is 0 Å². The number of hydrogen-bond donors (Lipinski definition) is 1. The van der Waals surface area contributed by atoms with Gasteiger partial charge in [-0.1, -0.05) is 6.07 Å². The van der Waals surface area contributed by atoms with Gasteiger partial charge in [0.1, 0.15) is 12.0 Å². The van der Waals surface area contributed by atoms with Crippen molar-refractivity contribution in [3.05, 3.63) is 60.7 Å². The van der Waals surface area contributed by atoms with Crippen LogP contribution in [0.2, 0.25) is 0 Å². The van der Waals surface area contributed by atoms with Crippen LogP contribution in [0, 0.1) is 6.92 Å². The lowest BCUT2D eigenvalue weighted by molar-refractivity contribution is -0.122. The molecule has 25 heavy (non-hydrogen) atoms. The molecule has 0 aliphatic rings. The molecular formula is C16H15N7O2. The Hall–Kier alpha value is -3.62. The fraction of sp³-hybridized carbons (Fsp3) is 0.125. The molecule has 0 amide bonds. The number of pyridine rings is 1. The van der Waals surface area contributed by atoms with Crippen molar-refractivity contribution in [3.63, 3.8) is 0 Å². The molecule has 0 atom stereocenters. The summed E-state index contributed by atoms with van der Waals surface area (Å²) in [7, 11) is 0. The van der Waals surface area contributed by atoms with Crippen molar-refractivity contribution in [2.75, 3.05) is 0 Å². The van der Waals surface area contributed by atoms with Gasteiger partial charge in [-0.05, 0) is 19.1 Å². The maximum atomic E-state index is 8.36. The number of carboxylic acid groups (broad SMARTS) is 1. The highest BCUT2D eigenvalue weighted by molar-refractivity contribution is 5.56. The number of rotatable bonds is 3. The first kappa shape index (κ1) is 16.2. The summed E-state index contributed by atoms with van der Waals surface area (Å²) in [6.45, 7) is 2.28. The van der Waals surface area contributed by atoms with Gasteiger partial charge in [-0.3, -0.25) is 14.8 Å². The van der Waals surface area contributed by atoms with Gasteiger partial charge in [0.15, 0.2) is 11.5 Å². The van der Waals surface area contributed by atoms with E-state index in [1.165, 1.54) is 6.33 Å². The lowest BCUT2D eigenvalue weighted by atomic mass is 10.3. The Kier molecular flexibility index (Phi) is 4.74. The standard InChI is InChI=1S/C15H13N7.CH2O2/c1-11-7-18-12(8-17-11)9-21-6-5-16-15(21)13-3-2-4-14-19-10-20-22(13)14;2-1-3/h2-8,10H,9H2,1H3;1H,(H,2,3). The lowest BCUT2D eigenvalue weighted by Crippen LogP contribution is -2.06. The maximum Gasteiger partial charge on any atom is 0.290 e. The molecule has 0 unspecified atom stereocenters. The molecule has 1 N–H and O–H groups in total. The topological polar surface area (TPSA) is 111 Å². The first-order chi connectivity index (χ1) is 12.2. The summed E-state index contributed by atoms with van der Waals surface area (Å²) in [4.78, 5) is 25.7. The number of aromatic nitrogens is 7. The molecule has 4 aromatic heterocycles. The molecule has 0 radical (unpaired) electrons. The van der Waals surface area contributed by atoms with Crippen LogP contribution in [0.25, 0.3) is 17.2 Å². The Bertz CT molecular complexity index is 975. The van der Waals surface area contributed by atoms with Crippen molar-refractivity contribution in [2.45, 2.75) is 13.5 Å². The minimum Gasteiger partial charge on any atom is -0.483 e. The molecule has 0 saturated heterocycles. The average Bonchev–Trinajstić information content (AvgIpc) is 3.26. The van der Waals surface area contributed by atoms with Crippen LogP contribution in [-0.2, 0) is 11.3 Å². The molecule has 0 aromatic carbocycles. The molecule has 0 spiro atoms. The summed E-state index contributed by atoms with van der Waals surface area (Å²) >= 11 is 0. The molecule has 0 saturated carbocycles. The van der Waals surface area contributed by atoms with Crippen LogP contribution >= 0.6 is 0 Å². The van der Waals surface area contributed by atoms with Crippen LogP contribution in [0.15, 0.2) is 49.3 Å². The van der Waals surface area contributed by atoms with E-state index in [-0.39, 0.29) is 6.47 Å². The quantitative estimate of drug-likeness (QED) is 0.563. The SMILES string of the molecule is Cc1cnc(Cn2ccnc2-c2cccc3ncnn23)cn1.O=CO. The Morgan fingerprint density at radius 2 is 2.00 bits per heavy atom. The minimum absolute atomic E-state index is 0.250. The van der Waals surface area contributed by atoms with Crippen molar-refractivity contribution in [1.29, 1.82) is 0 Å². The lowest BCUT2D eigenvalue weighted by Gasteiger charge is -2.08. The summed E-state index contributed by atoms with van der Waals surface area (Å²) in [5.41, 5.74) is 3.47. The Morgan fingerprint density at radius 1 is 1.16 bits per heavy atom. The van der Waals surface area contributed by atoms with E-state index in [1.807, 2.05) is 35.9 Å². The van der Waals surface area contributed by atoms with Gasteiger partial charge < -0.3 is 9.67 Å². The highest BCUT2D eigenvalue weighted by Gasteiger charge is 2.11. The second kappa shape index (κ2) is 7.30. The predicted octanol–water partition coefficient (Wildman–Crippen LogP) is 1.44. The van der Waals surface area contributed by atoms with Crippen LogP contribution < -0.4 is 0 Å². The Balaban J connectivity index is 0.000000569. The third kappa shape index (κ3) is 3.50. The number of fused-ring (bicyclic) bond motifs is 1. The molecule has 4 rings (SSSR count). The van der Waals surface area contributed by atoms with Crippen LogP contribution in [0.4, 0.5) is 0 Å². The van der Waals surface area contributed by atoms with E-state index in [0.717, 1.165) is 28.6 Å². The van der Waals surface area contributed by atoms with Gasteiger partial charge in [0.2, 0.25) is 0 Å². The van der Waals surface area contributed by atoms with E-state index >= 15 is 0 Å². The van der Waals surface area contributed by atoms with Gasteiger partial charge >= 0.3 is 0 Å². The van der Waals surface area contributed by atoms with Crippen LogP contribution in [0.1, 0.15) is 11.4 Å². The summed E-state index contributed by atoms with van der Waals surface area (Å²) in [5, 5.41) is 11.1. The van der Waals surface area contributed by atoms with E-state index in [0.29, 0.717) is 6.54 Å². The largest absolute Gasteiger partial charge is 0.483 e. The van der Waals surface area contributed by atoms with E-state index < -0.39 is 0 Å². The minimum atomic E-state index is -0.250. The van der Waals surface area contributed by atoms with E-state index in [4.69, 9.17) is 9.90 Å². The zero-order chi connectivity index (χ0) is 17.6. The number of hydrogen-bond acceptors (Lipinski definition) is 6. The Morgan fingerprint density at radius 3 is 2.76 bits per heavy atom. The second-order valence-corrected chi connectivity index (χ2v) is 5.07. The number of aryl methyl sites for hydroxylation is 1. The third-order valence-corrected chi connectivity index (χ3v) is 3.41. The zero-order valence-corrected chi connectivity index (χ0v) is 13.4.